The number of rotatable bonds is 4. The lowest BCUT2D eigenvalue weighted by molar-refractivity contribution is -0.159. The zero-order valence-corrected chi connectivity index (χ0v) is 10.9. The highest BCUT2D eigenvalue weighted by molar-refractivity contribution is 6.06. The Bertz CT molecular complexity index is 334. The zero-order chi connectivity index (χ0) is 13.1. The van der Waals surface area contributed by atoms with Crippen LogP contribution in [0.15, 0.2) is 12.2 Å². The molecule has 0 aliphatic heterocycles. The number of methoxy groups -OCH3 is 1. The average molecular weight is 239 g/mol. The Kier molecular flexibility index (Phi) is 4.32. The normalized spacial score (nSPS) is 23.6. The van der Waals surface area contributed by atoms with Gasteiger partial charge in [-0.3, -0.25) is 9.59 Å². The van der Waals surface area contributed by atoms with E-state index in [1.165, 1.54) is 7.11 Å². The molecule has 0 N–H and O–H groups in total. The second-order valence-electron chi connectivity index (χ2n) is 4.33. The van der Waals surface area contributed by atoms with Gasteiger partial charge in [0.25, 0.3) is 0 Å². The average Bonchev–Trinajstić information content (AvgIpc) is 2.72. The van der Waals surface area contributed by atoms with E-state index in [1.807, 2.05) is 13.8 Å². The number of hydrogen-bond acceptors (Lipinski definition) is 3. The second kappa shape index (κ2) is 5.34. The number of ether oxygens (including phenoxy) is 1. The molecule has 0 aromatic heterocycles. The van der Waals surface area contributed by atoms with Crippen LogP contribution in [-0.4, -0.2) is 37.0 Å². The summed E-state index contributed by atoms with van der Waals surface area (Å²) in [6.45, 7) is 8.91. The zero-order valence-electron chi connectivity index (χ0n) is 10.9. The van der Waals surface area contributed by atoms with Gasteiger partial charge in [0, 0.05) is 13.1 Å². The Balaban J connectivity index is 3.11. The maximum atomic E-state index is 12.5. The van der Waals surface area contributed by atoms with E-state index in [2.05, 4.69) is 6.58 Å². The molecule has 0 saturated heterocycles. The molecular formula is C13H21NO3. The fraction of sp³-hybridized carbons (Fsp3) is 0.692. The van der Waals surface area contributed by atoms with Crippen LogP contribution in [0.3, 0.4) is 0 Å². The quantitative estimate of drug-likeness (QED) is 0.426. The van der Waals surface area contributed by atoms with E-state index in [1.54, 1.807) is 4.90 Å². The van der Waals surface area contributed by atoms with Crippen molar-refractivity contribution in [3.63, 3.8) is 0 Å². The number of nitrogens with zero attached hydrogens (tertiary/aromatic N) is 1. The number of carbonyl (C=O) groups excluding carboxylic acids is 2. The predicted molar refractivity (Wildman–Crippen MR) is 65.4 cm³/mol. The number of esters is 1. The summed E-state index contributed by atoms with van der Waals surface area (Å²) in [6, 6.07) is 0. The molecule has 0 unspecified atom stereocenters. The van der Waals surface area contributed by atoms with E-state index in [-0.39, 0.29) is 5.91 Å². The Morgan fingerprint density at radius 1 is 1.41 bits per heavy atom. The molecule has 1 amide bonds. The van der Waals surface area contributed by atoms with Crippen LogP contribution in [0.4, 0.5) is 0 Å². The lowest BCUT2D eigenvalue weighted by Crippen LogP contribution is -2.48. The first-order chi connectivity index (χ1) is 8.04. The number of hydrogen-bond donors (Lipinski definition) is 0. The van der Waals surface area contributed by atoms with Gasteiger partial charge in [-0.05, 0) is 33.1 Å². The van der Waals surface area contributed by atoms with Crippen molar-refractivity contribution in [2.75, 3.05) is 20.2 Å². The minimum Gasteiger partial charge on any atom is -0.468 e. The lowest BCUT2D eigenvalue weighted by Gasteiger charge is -2.32. The number of amides is 1. The minimum absolute atomic E-state index is 0.156. The van der Waals surface area contributed by atoms with Crippen molar-refractivity contribution in [1.29, 1.82) is 0 Å². The summed E-state index contributed by atoms with van der Waals surface area (Å²) in [6.07, 6.45) is 2.07. The SMILES string of the molecule is C=C1CCC[C@@]1(C(=O)OC)C(=O)N(CC)CC. The van der Waals surface area contributed by atoms with Gasteiger partial charge in [0.2, 0.25) is 5.91 Å². The molecule has 17 heavy (non-hydrogen) atoms. The molecule has 0 bridgehead atoms. The van der Waals surface area contributed by atoms with Crippen LogP contribution in [-0.2, 0) is 14.3 Å². The van der Waals surface area contributed by atoms with Crippen molar-refractivity contribution in [3.05, 3.63) is 12.2 Å². The molecule has 96 valence electrons. The van der Waals surface area contributed by atoms with E-state index < -0.39 is 11.4 Å². The Morgan fingerprint density at radius 2 is 2.00 bits per heavy atom. The number of carbonyl (C=O) groups is 2. The first kappa shape index (κ1) is 13.7. The molecule has 4 nitrogen and oxygen atoms in total. The summed E-state index contributed by atoms with van der Waals surface area (Å²) in [5.74, 6) is -0.617. The van der Waals surface area contributed by atoms with Gasteiger partial charge in [-0.25, -0.2) is 0 Å². The second-order valence-corrected chi connectivity index (χ2v) is 4.33. The van der Waals surface area contributed by atoms with E-state index in [0.29, 0.717) is 25.1 Å². The lowest BCUT2D eigenvalue weighted by atomic mass is 9.81. The van der Waals surface area contributed by atoms with Crippen LogP contribution in [0, 0.1) is 5.41 Å². The van der Waals surface area contributed by atoms with Crippen molar-refractivity contribution in [1.82, 2.24) is 4.90 Å². The maximum absolute atomic E-state index is 12.5. The molecule has 1 atom stereocenters. The third-order valence-corrected chi connectivity index (χ3v) is 3.58. The van der Waals surface area contributed by atoms with Crippen molar-refractivity contribution >= 4 is 11.9 Å². The standard InChI is InChI=1S/C13H21NO3/c1-5-14(6-2)11(15)13(12(16)17-4)9-7-8-10(13)3/h3,5-9H2,1-2,4H3/t13-/m0/s1. The monoisotopic (exact) mass is 239 g/mol. The minimum atomic E-state index is -1.12. The van der Waals surface area contributed by atoms with Gasteiger partial charge in [-0.1, -0.05) is 12.2 Å². The van der Waals surface area contributed by atoms with E-state index in [4.69, 9.17) is 4.74 Å². The smallest absolute Gasteiger partial charge is 0.325 e. The van der Waals surface area contributed by atoms with Gasteiger partial charge in [0.1, 0.15) is 0 Å². The summed E-state index contributed by atoms with van der Waals surface area (Å²) in [5.41, 5.74) is -0.429. The molecule has 1 aliphatic rings. The van der Waals surface area contributed by atoms with Gasteiger partial charge in [-0.15, -0.1) is 0 Å². The van der Waals surface area contributed by atoms with Crippen LogP contribution < -0.4 is 0 Å². The van der Waals surface area contributed by atoms with E-state index >= 15 is 0 Å². The molecule has 0 spiro atoms. The van der Waals surface area contributed by atoms with Crippen LogP contribution in [0.1, 0.15) is 33.1 Å². The van der Waals surface area contributed by atoms with Crippen molar-refractivity contribution in [2.45, 2.75) is 33.1 Å². The fourth-order valence-corrected chi connectivity index (χ4v) is 2.50. The summed E-state index contributed by atoms with van der Waals surface area (Å²) >= 11 is 0. The van der Waals surface area contributed by atoms with Gasteiger partial charge < -0.3 is 9.64 Å². The van der Waals surface area contributed by atoms with E-state index in [0.717, 1.165) is 12.8 Å². The molecule has 1 saturated carbocycles. The third-order valence-electron chi connectivity index (χ3n) is 3.58. The topological polar surface area (TPSA) is 46.6 Å². The Morgan fingerprint density at radius 3 is 2.35 bits per heavy atom. The molecule has 0 aromatic rings. The molecule has 0 radical (unpaired) electrons. The first-order valence-corrected chi connectivity index (χ1v) is 6.10. The largest absolute Gasteiger partial charge is 0.468 e. The van der Waals surface area contributed by atoms with Gasteiger partial charge >= 0.3 is 5.97 Å². The Labute approximate surface area is 103 Å². The van der Waals surface area contributed by atoms with Crippen LogP contribution >= 0.6 is 0 Å². The van der Waals surface area contributed by atoms with Crippen LogP contribution in [0.5, 0.6) is 0 Å². The van der Waals surface area contributed by atoms with Crippen LogP contribution in [0.2, 0.25) is 0 Å². The highest BCUT2D eigenvalue weighted by atomic mass is 16.5. The summed E-state index contributed by atoms with van der Waals surface area (Å²) in [7, 11) is 1.32. The van der Waals surface area contributed by atoms with Crippen molar-refractivity contribution in [3.8, 4) is 0 Å². The fourth-order valence-electron chi connectivity index (χ4n) is 2.50. The van der Waals surface area contributed by atoms with Gasteiger partial charge in [0.15, 0.2) is 5.41 Å². The highest BCUT2D eigenvalue weighted by Crippen LogP contribution is 2.44. The van der Waals surface area contributed by atoms with Crippen molar-refractivity contribution in [2.24, 2.45) is 5.41 Å². The molecule has 0 heterocycles. The highest BCUT2D eigenvalue weighted by Gasteiger charge is 2.53. The van der Waals surface area contributed by atoms with E-state index in [9.17, 15) is 9.59 Å². The molecule has 4 heteroatoms. The first-order valence-electron chi connectivity index (χ1n) is 6.10. The predicted octanol–water partition coefficient (Wildman–Crippen LogP) is 1.75. The van der Waals surface area contributed by atoms with Gasteiger partial charge in [0.05, 0.1) is 7.11 Å². The third kappa shape index (κ3) is 2.08. The van der Waals surface area contributed by atoms with Crippen LogP contribution in [0.25, 0.3) is 0 Å². The molecule has 1 aliphatic carbocycles. The summed E-state index contributed by atoms with van der Waals surface area (Å²) in [5, 5.41) is 0. The summed E-state index contributed by atoms with van der Waals surface area (Å²) in [4.78, 5) is 26.2. The molecule has 1 fully saturated rings. The Hall–Kier alpha value is -1.32. The molecule has 0 aromatic carbocycles. The van der Waals surface area contributed by atoms with Crippen molar-refractivity contribution < 1.29 is 14.3 Å². The van der Waals surface area contributed by atoms with Gasteiger partial charge in [-0.2, -0.15) is 0 Å². The summed E-state index contributed by atoms with van der Waals surface area (Å²) < 4.78 is 4.82. The molecular weight excluding hydrogens is 218 g/mol. The maximum Gasteiger partial charge on any atom is 0.325 e. The molecule has 1 rings (SSSR count).